The van der Waals surface area contributed by atoms with Crippen LogP contribution in [-0.2, 0) is 25.4 Å². The molecular formula is C24H23N3O4. The number of para-hydroxylation sites is 1. The van der Waals surface area contributed by atoms with Gasteiger partial charge in [-0.25, -0.2) is 4.79 Å². The minimum absolute atomic E-state index is 0.112. The predicted molar refractivity (Wildman–Crippen MR) is 118 cm³/mol. The summed E-state index contributed by atoms with van der Waals surface area (Å²) in [6.45, 7) is 2.96. The third-order valence-corrected chi connectivity index (χ3v) is 6.06. The van der Waals surface area contributed by atoms with E-state index in [-0.39, 0.29) is 11.3 Å². The lowest BCUT2D eigenvalue weighted by molar-refractivity contribution is 0.0464. The summed E-state index contributed by atoms with van der Waals surface area (Å²) in [5.74, 6) is 0.112. The molecule has 0 fully saturated rings. The molecule has 7 heteroatoms. The normalized spacial score (nSPS) is 15.9. The molecule has 1 atom stereocenters. The van der Waals surface area contributed by atoms with E-state index in [1.54, 1.807) is 25.2 Å². The summed E-state index contributed by atoms with van der Waals surface area (Å²) < 4.78 is 10.8. The first kappa shape index (κ1) is 19.4. The van der Waals surface area contributed by atoms with E-state index in [0.29, 0.717) is 35.3 Å². The van der Waals surface area contributed by atoms with Crippen molar-refractivity contribution in [2.24, 2.45) is 14.1 Å². The van der Waals surface area contributed by atoms with Gasteiger partial charge in [-0.2, -0.15) is 0 Å². The van der Waals surface area contributed by atoms with E-state index in [1.165, 1.54) is 11.6 Å². The highest BCUT2D eigenvalue weighted by Gasteiger charge is 2.34. The van der Waals surface area contributed by atoms with Gasteiger partial charge in [0.05, 0.1) is 28.9 Å². The van der Waals surface area contributed by atoms with Crippen LogP contribution in [0.1, 0.15) is 22.9 Å². The van der Waals surface area contributed by atoms with E-state index < -0.39 is 11.8 Å². The van der Waals surface area contributed by atoms with Crippen molar-refractivity contribution in [1.29, 1.82) is 0 Å². The Hall–Kier alpha value is -3.58. The quantitative estimate of drug-likeness (QED) is 0.544. The van der Waals surface area contributed by atoms with Gasteiger partial charge in [-0.15, -0.1) is 0 Å². The number of phenolic OH excluding ortho intramolecular Hbond substituents is 1. The molecule has 1 aliphatic heterocycles. The molecule has 0 spiro atoms. The molecule has 0 bridgehead atoms. The highest BCUT2D eigenvalue weighted by molar-refractivity contribution is 5.96. The van der Waals surface area contributed by atoms with Gasteiger partial charge in [0.15, 0.2) is 0 Å². The molecule has 0 amide bonds. The second kappa shape index (κ2) is 6.99. The van der Waals surface area contributed by atoms with Gasteiger partial charge in [-0.05, 0) is 24.6 Å². The van der Waals surface area contributed by atoms with E-state index in [2.05, 4.69) is 4.57 Å². The van der Waals surface area contributed by atoms with E-state index in [9.17, 15) is 14.7 Å². The summed E-state index contributed by atoms with van der Waals surface area (Å²) in [4.78, 5) is 26.2. The summed E-state index contributed by atoms with van der Waals surface area (Å²) in [5.41, 5.74) is 3.86. The van der Waals surface area contributed by atoms with E-state index in [4.69, 9.17) is 4.74 Å². The zero-order valence-electron chi connectivity index (χ0n) is 17.6. The number of hydrogen-bond donors (Lipinski definition) is 1. The van der Waals surface area contributed by atoms with Gasteiger partial charge in [0.25, 0.3) is 5.56 Å². The van der Waals surface area contributed by atoms with E-state index in [1.807, 2.05) is 37.3 Å². The van der Waals surface area contributed by atoms with Crippen LogP contribution in [0, 0.1) is 6.92 Å². The molecule has 0 aliphatic carbocycles. The Morgan fingerprint density at radius 1 is 1.03 bits per heavy atom. The van der Waals surface area contributed by atoms with Crippen LogP contribution in [0.15, 0.2) is 58.1 Å². The summed E-state index contributed by atoms with van der Waals surface area (Å²) in [6.07, 6.45) is -0.603. The fourth-order valence-corrected chi connectivity index (χ4v) is 4.62. The fraction of sp³-hybridized carbons (Fsp3) is 0.250. The Kier molecular flexibility index (Phi) is 4.37. The van der Waals surface area contributed by atoms with Crippen LogP contribution in [-0.4, -0.2) is 25.4 Å². The number of fused-ring (bicyclic) bond motifs is 3. The Labute approximate surface area is 178 Å². The zero-order chi connectivity index (χ0) is 21.9. The molecule has 0 radical (unpaired) electrons. The summed E-state index contributed by atoms with van der Waals surface area (Å²) >= 11 is 0. The molecule has 2 aromatic heterocycles. The lowest BCUT2D eigenvalue weighted by atomic mass is 10.0. The summed E-state index contributed by atoms with van der Waals surface area (Å²) in [5, 5.41) is 11.0. The lowest BCUT2D eigenvalue weighted by Crippen LogP contribution is -2.37. The molecular weight excluding hydrogens is 394 g/mol. The van der Waals surface area contributed by atoms with Crippen LogP contribution in [0.25, 0.3) is 22.2 Å². The first-order valence-electron chi connectivity index (χ1n) is 10.2. The monoisotopic (exact) mass is 417 g/mol. The van der Waals surface area contributed by atoms with Gasteiger partial charge < -0.3 is 14.4 Å². The third-order valence-electron chi connectivity index (χ3n) is 6.06. The second-order valence-corrected chi connectivity index (χ2v) is 7.99. The Bertz CT molecular complexity index is 1460. The molecule has 1 unspecified atom stereocenters. The second-order valence-electron chi connectivity index (χ2n) is 7.99. The number of aromatic nitrogens is 3. The van der Waals surface area contributed by atoms with Crippen molar-refractivity contribution in [3.63, 3.8) is 0 Å². The van der Waals surface area contributed by atoms with Gasteiger partial charge >= 0.3 is 5.69 Å². The molecule has 31 heavy (non-hydrogen) atoms. The lowest BCUT2D eigenvalue weighted by Gasteiger charge is -2.28. The van der Waals surface area contributed by atoms with Gasteiger partial charge in [0, 0.05) is 26.2 Å². The van der Waals surface area contributed by atoms with Crippen LogP contribution >= 0.6 is 0 Å². The highest BCUT2D eigenvalue weighted by atomic mass is 16.5. The number of rotatable bonds is 2. The number of aromatic hydroxyl groups is 1. The maximum absolute atomic E-state index is 13.4. The Balaban J connectivity index is 1.98. The van der Waals surface area contributed by atoms with Gasteiger partial charge in [-0.3, -0.25) is 13.9 Å². The number of hydrogen-bond acceptors (Lipinski definition) is 4. The van der Waals surface area contributed by atoms with Crippen molar-refractivity contribution in [1.82, 2.24) is 13.7 Å². The molecule has 158 valence electrons. The van der Waals surface area contributed by atoms with Crippen molar-refractivity contribution < 1.29 is 9.84 Å². The van der Waals surface area contributed by atoms with Crippen LogP contribution in [0.4, 0.5) is 0 Å². The molecule has 7 nitrogen and oxygen atoms in total. The molecule has 0 saturated heterocycles. The van der Waals surface area contributed by atoms with Gasteiger partial charge in [-0.1, -0.05) is 42.0 Å². The van der Waals surface area contributed by atoms with Gasteiger partial charge in [0.1, 0.15) is 11.9 Å². The van der Waals surface area contributed by atoms with Crippen LogP contribution in [0.2, 0.25) is 0 Å². The number of aryl methyl sites for hydroxylation is 2. The van der Waals surface area contributed by atoms with E-state index in [0.717, 1.165) is 21.4 Å². The van der Waals surface area contributed by atoms with Crippen molar-refractivity contribution in [2.75, 3.05) is 6.61 Å². The third kappa shape index (κ3) is 2.77. The van der Waals surface area contributed by atoms with Gasteiger partial charge in [0.2, 0.25) is 0 Å². The molecule has 5 rings (SSSR count). The fourth-order valence-electron chi connectivity index (χ4n) is 4.62. The highest BCUT2D eigenvalue weighted by Crippen LogP contribution is 2.42. The van der Waals surface area contributed by atoms with Crippen molar-refractivity contribution in [3.05, 3.63) is 86.2 Å². The molecule has 1 N–H and O–H groups in total. The molecule has 4 aromatic rings. The van der Waals surface area contributed by atoms with Crippen LogP contribution in [0.3, 0.4) is 0 Å². The largest absolute Gasteiger partial charge is 0.508 e. The molecule has 0 saturated carbocycles. The minimum atomic E-state index is -0.603. The topological polar surface area (TPSA) is 78.4 Å². The minimum Gasteiger partial charge on any atom is -0.508 e. The standard InChI is InChI=1S/C24H23N3O4/c1-14-7-6-8-15(13-14)19-18-20(25(2)24(30)26(3)23(18)29)21-22(31-12-11-27(19)21)16-9-4-5-10-17(16)28/h4-10,13,22,28H,11-12H2,1-3H3. The first-order valence-corrected chi connectivity index (χ1v) is 10.2. The average molecular weight is 417 g/mol. The van der Waals surface area contributed by atoms with E-state index >= 15 is 0 Å². The Morgan fingerprint density at radius 3 is 2.55 bits per heavy atom. The zero-order valence-corrected chi connectivity index (χ0v) is 17.6. The number of nitrogens with zero attached hydrogens (tertiary/aromatic N) is 3. The van der Waals surface area contributed by atoms with Crippen molar-refractivity contribution in [3.8, 4) is 17.0 Å². The molecule has 1 aliphatic rings. The molecule has 3 heterocycles. The summed E-state index contributed by atoms with van der Waals surface area (Å²) in [7, 11) is 3.17. The SMILES string of the molecule is Cc1cccc(-c2c3c(=O)n(C)c(=O)n(C)c3c3n2CCOC3c2ccccc2O)c1. The average Bonchev–Trinajstić information content (AvgIpc) is 3.12. The van der Waals surface area contributed by atoms with Crippen LogP contribution < -0.4 is 11.2 Å². The smallest absolute Gasteiger partial charge is 0.331 e. The predicted octanol–water partition coefficient (Wildman–Crippen LogP) is 2.84. The van der Waals surface area contributed by atoms with Crippen molar-refractivity contribution in [2.45, 2.75) is 19.6 Å². The Morgan fingerprint density at radius 2 is 1.81 bits per heavy atom. The summed E-state index contributed by atoms with van der Waals surface area (Å²) in [6, 6.07) is 15.0. The maximum Gasteiger partial charge on any atom is 0.331 e. The number of ether oxygens (including phenoxy) is 1. The molecule has 2 aromatic carbocycles. The number of phenols is 1. The van der Waals surface area contributed by atoms with Crippen LogP contribution in [0.5, 0.6) is 5.75 Å². The first-order chi connectivity index (χ1) is 14.9. The van der Waals surface area contributed by atoms with Crippen molar-refractivity contribution >= 4 is 10.9 Å². The maximum atomic E-state index is 13.4. The number of benzene rings is 2.